The van der Waals surface area contributed by atoms with Gasteiger partial charge < -0.3 is 5.11 Å². The molecule has 0 spiro atoms. The van der Waals surface area contributed by atoms with Gasteiger partial charge in [-0.3, -0.25) is 4.79 Å². The first-order valence-electron chi connectivity index (χ1n) is 6.89. The summed E-state index contributed by atoms with van der Waals surface area (Å²) in [6.07, 6.45) is -3.91. The molecule has 23 heavy (non-hydrogen) atoms. The van der Waals surface area contributed by atoms with Crippen LogP contribution in [-0.2, 0) is 17.4 Å². The van der Waals surface area contributed by atoms with Crippen molar-refractivity contribution in [1.82, 2.24) is 9.97 Å². The lowest BCUT2D eigenvalue weighted by Gasteiger charge is -2.12. The third kappa shape index (κ3) is 4.57. The molecule has 2 rings (SSSR count). The van der Waals surface area contributed by atoms with E-state index in [-0.39, 0.29) is 22.1 Å². The van der Waals surface area contributed by atoms with Crippen LogP contribution in [0.4, 0.5) is 13.2 Å². The monoisotopic (exact) mass is 344 g/mol. The van der Waals surface area contributed by atoms with Crippen LogP contribution in [0.2, 0.25) is 0 Å². The number of hydrogen-bond donors (Lipinski definition) is 1. The average molecular weight is 344 g/mol. The highest BCUT2D eigenvalue weighted by Crippen LogP contribution is 2.34. The molecule has 0 bridgehead atoms. The molecule has 0 amide bonds. The second-order valence-corrected chi connectivity index (χ2v) is 6.42. The van der Waals surface area contributed by atoms with E-state index < -0.39 is 17.7 Å². The number of carboxylic acid groups (broad SMARTS) is 1. The lowest BCUT2D eigenvalue weighted by Crippen LogP contribution is -2.07. The second-order valence-electron chi connectivity index (χ2n) is 5.46. The van der Waals surface area contributed by atoms with E-state index in [4.69, 9.17) is 5.11 Å². The van der Waals surface area contributed by atoms with Crippen molar-refractivity contribution in [2.45, 2.75) is 31.5 Å². The Bertz CT molecular complexity index is 732. The normalized spacial score (nSPS) is 12.1. The van der Waals surface area contributed by atoms with Crippen molar-refractivity contribution < 1.29 is 23.1 Å². The maximum absolute atomic E-state index is 12.9. The van der Waals surface area contributed by atoms with Gasteiger partial charge in [0.25, 0.3) is 0 Å². The molecule has 0 unspecified atom stereocenters. The molecule has 4 nitrogen and oxygen atoms in total. The SMILES string of the molecule is CC(C)Cc1nc(SCC(=O)O)c2cc(C(F)(F)F)ccc2n1. The topological polar surface area (TPSA) is 63.1 Å². The van der Waals surface area contributed by atoms with Crippen molar-refractivity contribution in [3.05, 3.63) is 29.6 Å². The fraction of sp³-hybridized carbons (Fsp3) is 0.400. The number of nitrogens with zero attached hydrogens (tertiary/aromatic N) is 2. The Hall–Kier alpha value is -1.83. The number of benzene rings is 1. The Morgan fingerprint density at radius 2 is 2.00 bits per heavy atom. The standard InChI is InChI=1S/C15H15F3N2O2S/c1-8(2)5-12-19-11-4-3-9(15(16,17)18)6-10(11)14(20-12)23-7-13(21)22/h3-4,6,8H,5,7H2,1-2H3,(H,21,22). The van der Waals surface area contributed by atoms with Crippen LogP contribution < -0.4 is 0 Å². The van der Waals surface area contributed by atoms with Crippen LogP contribution in [0.1, 0.15) is 25.2 Å². The number of rotatable bonds is 5. The molecule has 0 radical (unpaired) electrons. The summed E-state index contributed by atoms with van der Waals surface area (Å²) in [4.78, 5) is 19.3. The molecular formula is C15H15F3N2O2S. The van der Waals surface area contributed by atoms with Crippen LogP contribution in [0.15, 0.2) is 23.2 Å². The minimum Gasteiger partial charge on any atom is -0.481 e. The first-order chi connectivity index (χ1) is 10.7. The molecule has 1 aromatic heterocycles. The fourth-order valence-electron chi connectivity index (χ4n) is 2.02. The van der Waals surface area contributed by atoms with Crippen molar-refractivity contribution in [3.63, 3.8) is 0 Å². The first-order valence-corrected chi connectivity index (χ1v) is 7.88. The number of halogens is 3. The number of carbonyl (C=O) groups is 1. The van der Waals surface area contributed by atoms with Crippen molar-refractivity contribution in [2.75, 3.05) is 5.75 Å². The van der Waals surface area contributed by atoms with Gasteiger partial charge in [-0.15, -0.1) is 0 Å². The highest BCUT2D eigenvalue weighted by atomic mass is 32.2. The van der Waals surface area contributed by atoms with Crippen molar-refractivity contribution in [1.29, 1.82) is 0 Å². The molecule has 1 heterocycles. The number of aromatic nitrogens is 2. The Labute approximate surface area is 135 Å². The summed E-state index contributed by atoms with van der Waals surface area (Å²) in [5.41, 5.74) is -0.418. The molecule has 1 aromatic carbocycles. The minimum atomic E-state index is -4.47. The Morgan fingerprint density at radius 1 is 1.30 bits per heavy atom. The molecule has 124 valence electrons. The van der Waals surface area contributed by atoms with E-state index in [1.54, 1.807) is 0 Å². The van der Waals surface area contributed by atoms with Crippen molar-refractivity contribution in [2.24, 2.45) is 5.92 Å². The third-order valence-corrected chi connectivity index (χ3v) is 3.93. The number of alkyl halides is 3. The number of aliphatic carboxylic acids is 1. The first kappa shape index (κ1) is 17.5. The zero-order chi connectivity index (χ0) is 17.2. The molecule has 0 atom stereocenters. The van der Waals surface area contributed by atoms with E-state index in [9.17, 15) is 18.0 Å². The Balaban J connectivity index is 2.55. The fourth-order valence-corrected chi connectivity index (χ4v) is 2.77. The van der Waals surface area contributed by atoms with Crippen LogP contribution >= 0.6 is 11.8 Å². The number of carboxylic acids is 1. The third-order valence-electron chi connectivity index (χ3n) is 2.96. The van der Waals surface area contributed by atoms with Gasteiger partial charge in [0.15, 0.2) is 0 Å². The molecule has 2 aromatic rings. The van der Waals surface area contributed by atoms with E-state index in [1.807, 2.05) is 13.8 Å². The Kier molecular flexibility index (Phi) is 5.13. The quantitative estimate of drug-likeness (QED) is 0.655. The van der Waals surface area contributed by atoms with Gasteiger partial charge in [-0.25, -0.2) is 9.97 Å². The summed E-state index contributed by atoms with van der Waals surface area (Å²) in [5.74, 6) is -0.553. The molecule has 0 saturated heterocycles. The smallest absolute Gasteiger partial charge is 0.416 e. The molecule has 0 fully saturated rings. The Morgan fingerprint density at radius 3 is 2.57 bits per heavy atom. The zero-order valence-corrected chi connectivity index (χ0v) is 13.3. The molecule has 0 saturated carbocycles. The molecule has 0 aliphatic heterocycles. The summed E-state index contributed by atoms with van der Waals surface area (Å²) < 4.78 is 38.6. The molecular weight excluding hydrogens is 329 g/mol. The van der Waals surface area contributed by atoms with Crippen LogP contribution in [0.3, 0.4) is 0 Å². The van der Waals surface area contributed by atoms with Crippen LogP contribution in [-0.4, -0.2) is 26.8 Å². The predicted octanol–water partition coefficient (Wildman–Crippen LogP) is 4.02. The summed E-state index contributed by atoms with van der Waals surface area (Å²) in [6.45, 7) is 3.95. The average Bonchev–Trinajstić information content (AvgIpc) is 2.42. The van der Waals surface area contributed by atoms with Crippen molar-refractivity contribution in [3.8, 4) is 0 Å². The molecule has 0 aliphatic rings. The second kappa shape index (κ2) is 6.74. The summed E-state index contributed by atoms with van der Waals surface area (Å²) in [7, 11) is 0. The predicted molar refractivity (Wildman–Crippen MR) is 81.4 cm³/mol. The summed E-state index contributed by atoms with van der Waals surface area (Å²) >= 11 is 0.901. The minimum absolute atomic E-state index is 0.221. The molecule has 8 heteroatoms. The van der Waals surface area contributed by atoms with Gasteiger partial charge in [0.1, 0.15) is 10.9 Å². The number of fused-ring (bicyclic) bond motifs is 1. The van der Waals surface area contributed by atoms with Crippen LogP contribution in [0.25, 0.3) is 10.9 Å². The number of thioether (sulfide) groups is 1. The maximum atomic E-state index is 12.9. The van der Waals surface area contributed by atoms with Gasteiger partial charge in [0.05, 0.1) is 16.8 Å². The van der Waals surface area contributed by atoms with E-state index >= 15 is 0 Å². The van der Waals surface area contributed by atoms with Gasteiger partial charge in [-0.2, -0.15) is 13.2 Å². The van der Waals surface area contributed by atoms with Gasteiger partial charge in [0, 0.05) is 11.8 Å². The lowest BCUT2D eigenvalue weighted by molar-refractivity contribution is -0.137. The summed E-state index contributed by atoms with van der Waals surface area (Å²) in [6, 6.07) is 3.24. The van der Waals surface area contributed by atoms with Gasteiger partial charge >= 0.3 is 12.1 Å². The van der Waals surface area contributed by atoms with E-state index in [1.165, 1.54) is 6.07 Å². The zero-order valence-electron chi connectivity index (χ0n) is 12.5. The van der Waals surface area contributed by atoms with E-state index in [0.717, 1.165) is 23.9 Å². The maximum Gasteiger partial charge on any atom is 0.416 e. The van der Waals surface area contributed by atoms with E-state index in [2.05, 4.69) is 9.97 Å². The van der Waals surface area contributed by atoms with Gasteiger partial charge in [-0.05, 0) is 24.1 Å². The van der Waals surface area contributed by atoms with E-state index in [0.29, 0.717) is 17.8 Å². The highest BCUT2D eigenvalue weighted by Gasteiger charge is 2.31. The van der Waals surface area contributed by atoms with Crippen LogP contribution in [0, 0.1) is 5.92 Å². The van der Waals surface area contributed by atoms with Gasteiger partial charge in [0.2, 0.25) is 0 Å². The molecule has 1 N–H and O–H groups in total. The number of hydrogen-bond acceptors (Lipinski definition) is 4. The van der Waals surface area contributed by atoms with Crippen molar-refractivity contribution >= 4 is 28.6 Å². The molecule has 0 aliphatic carbocycles. The van der Waals surface area contributed by atoms with Gasteiger partial charge in [-0.1, -0.05) is 25.6 Å². The lowest BCUT2D eigenvalue weighted by atomic mass is 10.1. The largest absolute Gasteiger partial charge is 0.481 e. The highest BCUT2D eigenvalue weighted by molar-refractivity contribution is 8.00. The van der Waals surface area contributed by atoms with Crippen LogP contribution in [0.5, 0.6) is 0 Å². The summed E-state index contributed by atoms with van der Waals surface area (Å²) in [5, 5.41) is 9.29.